The molecular weight excluding hydrogens is 324 g/mol. The molecule has 0 bridgehead atoms. The summed E-state index contributed by atoms with van der Waals surface area (Å²) in [6.45, 7) is 8.96. The summed E-state index contributed by atoms with van der Waals surface area (Å²) in [6, 6.07) is 5.77. The fourth-order valence-corrected chi connectivity index (χ4v) is 1.98. The molecule has 0 saturated carbocycles. The fraction of sp³-hybridized carbons (Fsp3) is 0.556. The Morgan fingerprint density at radius 3 is 2.44 bits per heavy atom. The van der Waals surface area contributed by atoms with Crippen molar-refractivity contribution < 1.29 is 24.2 Å². The Morgan fingerprint density at radius 1 is 1.28 bits per heavy atom. The molecule has 0 aliphatic rings. The fourth-order valence-electron chi connectivity index (χ4n) is 1.98. The van der Waals surface area contributed by atoms with E-state index in [0.29, 0.717) is 19.8 Å². The van der Waals surface area contributed by atoms with Crippen molar-refractivity contribution in [3.05, 3.63) is 29.3 Å². The van der Waals surface area contributed by atoms with Gasteiger partial charge in [0, 0.05) is 12.3 Å². The lowest BCUT2D eigenvalue weighted by Gasteiger charge is -2.19. The molecule has 4 N–H and O–H groups in total. The number of carbonyl (C=O) groups is 2. The van der Waals surface area contributed by atoms with Gasteiger partial charge in [0.25, 0.3) is 0 Å². The number of carboxylic acid groups (broad SMARTS) is 1. The standard InChI is InChI=1S/C16H25NO3.C2H5NO2/c1-5-14-9-7-8-12(3)15(14)17-13(4)16(18)20-11-10-19-6-2;3-1-2(4)5/h7-9,13,17H,5-6,10-11H2,1-4H3;1,3H2,(H,4,5)/t13-;/m0./s1. The summed E-state index contributed by atoms with van der Waals surface area (Å²) in [7, 11) is 0. The summed E-state index contributed by atoms with van der Waals surface area (Å²) in [6.07, 6.45) is 0.927. The predicted octanol–water partition coefficient (Wildman–Crippen LogP) is 1.97. The number of ether oxygens (including phenoxy) is 2. The minimum absolute atomic E-state index is 0.255. The summed E-state index contributed by atoms with van der Waals surface area (Å²) in [4.78, 5) is 21.1. The normalized spacial score (nSPS) is 11.1. The summed E-state index contributed by atoms with van der Waals surface area (Å²) in [5, 5.41) is 10.9. The van der Waals surface area contributed by atoms with Crippen LogP contribution in [0.1, 0.15) is 31.9 Å². The Bertz CT molecular complexity index is 534. The molecule has 25 heavy (non-hydrogen) atoms. The van der Waals surface area contributed by atoms with Crippen molar-refractivity contribution in [3.63, 3.8) is 0 Å². The third kappa shape index (κ3) is 9.69. The van der Waals surface area contributed by atoms with Gasteiger partial charge in [0.05, 0.1) is 13.2 Å². The highest BCUT2D eigenvalue weighted by Crippen LogP contribution is 2.22. The van der Waals surface area contributed by atoms with Crippen LogP contribution in [0.3, 0.4) is 0 Å². The molecule has 1 aromatic carbocycles. The van der Waals surface area contributed by atoms with Crippen LogP contribution in [-0.4, -0.2) is 49.5 Å². The van der Waals surface area contributed by atoms with E-state index in [-0.39, 0.29) is 18.6 Å². The molecule has 1 aromatic rings. The van der Waals surface area contributed by atoms with Gasteiger partial charge in [-0.25, -0.2) is 4.79 Å². The van der Waals surface area contributed by atoms with E-state index in [9.17, 15) is 9.59 Å². The molecule has 7 nitrogen and oxygen atoms in total. The summed E-state index contributed by atoms with van der Waals surface area (Å²) in [5.41, 5.74) is 7.95. The maximum absolute atomic E-state index is 11.9. The number of aryl methyl sites for hydroxylation is 2. The van der Waals surface area contributed by atoms with E-state index >= 15 is 0 Å². The number of nitrogens with one attached hydrogen (secondary N) is 1. The van der Waals surface area contributed by atoms with Crippen LogP contribution in [-0.2, 0) is 25.5 Å². The number of aliphatic carboxylic acids is 1. The van der Waals surface area contributed by atoms with Crippen LogP contribution in [0.2, 0.25) is 0 Å². The molecular formula is C18H30N2O5. The molecule has 7 heteroatoms. The van der Waals surface area contributed by atoms with E-state index in [0.717, 1.165) is 17.7 Å². The SMILES string of the molecule is CCOCCOC(=O)[C@H](C)Nc1c(C)cccc1CC.NCC(=O)O. The maximum atomic E-state index is 11.9. The van der Waals surface area contributed by atoms with Crippen LogP contribution in [0, 0.1) is 6.92 Å². The summed E-state index contributed by atoms with van der Waals surface area (Å²) in [5.74, 6) is -1.22. The second-order valence-electron chi connectivity index (χ2n) is 5.29. The monoisotopic (exact) mass is 354 g/mol. The zero-order valence-corrected chi connectivity index (χ0v) is 15.5. The van der Waals surface area contributed by atoms with Crippen LogP contribution in [0.5, 0.6) is 0 Å². The number of hydrogen-bond acceptors (Lipinski definition) is 6. The van der Waals surface area contributed by atoms with Crippen molar-refractivity contribution in [1.82, 2.24) is 0 Å². The number of carboxylic acids is 1. The van der Waals surface area contributed by atoms with Gasteiger partial charge in [-0.15, -0.1) is 0 Å². The number of para-hydroxylation sites is 1. The van der Waals surface area contributed by atoms with Gasteiger partial charge in [-0.1, -0.05) is 25.1 Å². The van der Waals surface area contributed by atoms with Crippen molar-refractivity contribution in [1.29, 1.82) is 0 Å². The van der Waals surface area contributed by atoms with Gasteiger partial charge < -0.3 is 25.6 Å². The van der Waals surface area contributed by atoms with Gasteiger partial charge in [-0.3, -0.25) is 4.79 Å². The lowest BCUT2D eigenvalue weighted by molar-refractivity contribution is -0.145. The highest BCUT2D eigenvalue weighted by atomic mass is 16.6. The Labute approximate surface area is 149 Å². The molecule has 0 saturated heterocycles. The number of carbonyl (C=O) groups excluding carboxylic acids is 1. The highest BCUT2D eigenvalue weighted by Gasteiger charge is 2.16. The summed E-state index contributed by atoms with van der Waals surface area (Å²) < 4.78 is 10.3. The van der Waals surface area contributed by atoms with Crippen LogP contribution >= 0.6 is 0 Å². The molecule has 1 rings (SSSR count). The minimum Gasteiger partial charge on any atom is -0.480 e. The summed E-state index contributed by atoms with van der Waals surface area (Å²) >= 11 is 0. The zero-order chi connectivity index (χ0) is 19.2. The molecule has 0 unspecified atom stereocenters. The van der Waals surface area contributed by atoms with Gasteiger partial charge in [-0.2, -0.15) is 0 Å². The molecule has 0 aliphatic heterocycles. The van der Waals surface area contributed by atoms with E-state index in [2.05, 4.69) is 24.0 Å². The van der Waals surface area contributed by atoms with Crippen molar-refractivity contribution >= 4 is 17.6 Å². The molecule has 1 atom stereocenters. The number of rotatable bonds is 9. The van der Waals surface area contributed by atoms with Gasteiger partial charge in [0.2, 0.25) is 0 Å². The van der Waals surface area contributed by atoms with Gasteiger partial charge in [0.15, 0.2) is 0 Å². The van der Waals surface area contributed by atoms with Crippen molar-refractivity contribution in [3.8, 4) is 0 Å². The lowest BCUT2D eigenvalue weighted by Crippen LogP contribution is -2.30. The average Bonchev–Trinajstić information content (AvgIpc) is 2.60. The number of benzene rings is 1. The number of nitrogens with two attached hydrogens (primary N) is 1. The molecule has 0 fully saturated rings. The largest absolute Gasteiger partial charge is 0.480 e. The van der Waals surface area contributed by atoms with E-state index in [1.807, 2.05) is 32.9 Å². The average molecular weight is 354 g/mol. The maximum Gasteiger partial charge on any atom is 0.328 e. The molecule has 0 aromatic heterocycles. The Morgan fingerprint density at radius 2 is 1.92 bits per heavy atom. The Kier molecular flexibility index (Phi) is 12.1. The smallest absolute Gasteiger partial charge is 0.328 e. The van der Waals surface area contributed by atoms with E-state index in [1.54, 1.807) is 0 Å². The first-order chi connectivity index (χ1) is 11.9. The van der Waals surface area contributed by atoms with E-state index < -0.39 is 5.97 Å². The molecule has 0 heterocycles. The van der Waals surface area contributed by atoms with Gasteiger partial charge >= 0.3 is 11.9 Å². The van der Waals surface area contributed by atoms with Crippen LogP contribution in [0.4, 0.5) is 5.69 Å². The zero-order valence-electron chi connectivity index (χ0n) is 15.5. The highest BCUT2D eigenvalue weighted by molar-refractivity contribution is 5.79. The Balaban J connectivity index is 0.00000101. The second-order valence-corrected chi connectivity index (χ2v) is 5.29. The quantitative estimate of drug-likeness (QED) is 0.459. The Hall–Kier alpha value is -2.12. The molecule has 0 amide bonds. The van der Waals surface area contributed by atoms with Crippen LogP contribution in [0.15, 0.2) is 18.2 Å². The number of anilines is 1. The first-order valence-corrected chi connectivity index (χ1v) is 8.38. The molecule has 0 radical (unpaired) electrons. The predicted molar refractivity (Wildman–Crippen MR) is 97.8 cm³/mol. The third-order valence-corrected chi connectivity index (χ3v) is 3.31. The van der Waals surface area contributed by atoms with Crippen LogP contribution in [0.25, 0.3) is 0 Å². The molecule has 142 valence electrons. The third-order valence-electron chi connectivity index (χ3n) is 3.31. The van der Waals surface area contributed by atoms with Crippen LogP contribution < -0.4 is 11.1 Å². The van der Waals surface area contributed by atoms with Gasteiger partial charge in [-0.05, 0) is 38.3 Å². The first-order valence-electron chi connectivity index (χ1n) is 8.38. The van der Waals surface area contributed by atoms with Gasteiger partial charge in [0.1, 0.15) is 12.6 Å². The second kappa shape index (κ2) is 13.2. The van der Waals surface area contributed by atoms with Crippen molar-refractivity contribution in [2.45, 2.75) is 40.2 Å². The topological polar surface area (TPSA) is 111 Å². The minimum atomic E-state index is -0.968. The molecule has 0 aliphatic carbocycles. The first kappa shape index (κ1) is 22.9. The van der Waals surface area contributed by atoms with E-state index in [1.165, 1.54) is 5.56 Å². The molecule has 0 spiro atoms. The van der Waals surface area contributed by atoms with Crippen molar-refractivity contribution in [2.75, 3.05) is 31.7 Å². The number of hydrogen-bond donors (Lipinski definition) is 3. The number of esters is 1. The van der Waals surface area contributed by atoms with Crippen molar-refractivity contribution in [2.24, 2.45) is 5.73 Å². The van der Waals surface area contributed by atoms with E-state index in [4.69, 9.17) is 14.6 Å². The lowest BCUT2D eigenvalue weighted by atomic mass is 10.1.